The van der Waals surface area contributed by atoms with Crippen LogP contribution in [0.3, 0.4) is 0 Å². The minimum atomic E-state index is -0.505. The fraction of sp³-hybridized carbons (Fsp3) is 0.0909. The molecular formula is C11H7Cl2NO2. The summed E-state index contributed by atoms with van der Waals surface area (Å²) in [6.45, 7) is 0. The van der Waals surface area contributed by atoms with Gasteiger partial charge in [0, 0.05) is 16.6 Å². The fourth-order valence-electron chi connectivity index (χ4n) is 1.39. The molecule has 1 aromatic carbocycles. The van der Waals surface area contributed by atoms with Gasteiger partial charge in [-0.15, -0.1) is 0 Å². The fourth-order valence-corrected chi connectivity index (χ4v) is 1.84. The summed E-state index contributed by atoms with van der Waals surface area (Å²) in [4.78, 5) is 15.5. The number of pyridine rings is 1. The number of aromatic nitrogens is 1. The zero-order chi connectivity index (χ0) is 11.7. The van der Waals surface area contributed by atoms with Crippen LogP contribution >= 0.6 is 23.2 Å². The second kappa shape index (κ2) is 4.28. The van der Waals surface area contributed by atoms with Crippen molar-refractivity contribution in [2.75, 3.05) is 7.11 Å². The summed E-state index contributed by atoms with van der Waals surface area (Å²) in [7, 11) is 1.30. The maximum absolute atomic E-state index is 11.4. The third kappa shape index (κ3) is 1.84. The molecule has 0 fully saturated rings. The summed E-state index contributed by atoms with van der Waals surface area (Å²) in [5.74, 6) is -0.505. The monoisotopic (exact) mass is 255 g/mol. The summed E-state index contributed by atoms with van der Waals surface area (Å²) in [5.41, 5.74) is 0.893. The Morgan fingerprint density at radius 1 is 1.38 bits per heavy atom. The van der Waals surface area contributed by atoms with Crippen LogP contribution in [0.4, 0.5) is 0 Å². The van der Waals surface area contributed by atoms with E-state index in [1.165, 1.54) is 13.3 Å². The molecule has 16 heavy (non-hydrogen) atoms. The highest BCUT2D eigenvalue weighted by atomic mass is 35.5. The van der Waals surface area contributed by atoms with E-state index in [0.29, 0.717) is 20.9 Å². The van der Waals surface area contributed by atoms with Crippen LogP contribution in [0.1, 0.15) is 10.4 Å². The van der Waals surface area contributed by atoms with Crippen molar-refractivity contribution in [2.45, 2.75) is 0 Å². The lowest BCUT2D eigenvalue weighted by Crippen LogP contribution is -2.03. The van der Waals surface area contributed by atoms with Gasteiger partial charge in [-0.1, -0.05) is 23.2 Å². The minimum absolute atomic E-state index is 0.249. The Labute approximate surface area is 102 Å². The molecule has 5 heteroatoms. The standard InChI is InChI=1S/C11H7Cl2NO2/c1-16-11(15)8-5-14-9-4-6(12)2-3-7(9)10(8)13/h2-5H,1H3. The molecule has 0 aliphatic rings. The number of carbonyl (C=O) groups is 1. The van der Waals surface area contributed by atoms with Gasteiger partial charge in [-0.2, -0.15) is 0 Å². The largest absolute Gasteiger partial charge is 0.465 e. The molecule has 0 unspecified atom stereocenters. The van der Waals surface area contributed by atoms with Crippen molar-refractivity contribution in [3.8, 4) is 0 Å². The lowest BCUT2D eigenvalue weighted by Gasteiger charge is -2.05. The van der Waals surface area contributed by atoms with E-state index in [1.54, 1.807) is 18.2 Å². The smallest absolute Gasteiger partial charge is 0.340 e. The average molecular weight is 256 g/mol. The van der Waals surface area contributed by atoms with Gasteiger partial charge in [0.1, 0.15) is 0 Å². The number of ether oxygens (including phenoxy) is 1. The highest BCUT2D eigenvalue weighted by Crippen LogP contribution is 2.27. The quantitative estimate of drug-likeness (QED) is 0.734. The molecule has 0 spiro atoms. The number of hydrogen-bond donors (Lipinski definition) is 0. The molecule has 0 saturated carbocycles. The molecule has 0 bridgehead atoms. The normalized spacial score (nSPS) is 10.4. The summed E-state index contributed by atoms with van der Waals surface area (Å²) < 4.78 is 4.60. The highest BCUT2D eigenvalue weighted by molar-refractivity contribution is 6.38. The number of hydrogen-bond acceptors (Lipinski definition) is 3. The van der Waals surface area contributed by atoms with Gasteiger partial charge in [0.15, 0.2) is 0 Å². The van der Waals surface area contributed by atoms with Crippen LogP contribution in [-0.2, 0) is 4.74 Å². The van der Waals surface area contributed by atoms with E-state index in [2.05, 4.69) is 9.72 Å². The van der Waals surface area contributed by atoms with Crippen LogP contribution in [0.5, 0.6) is 0 Å². The van der Waals surface area contributed by atoms with Crippen LogP contribution in [0, 0.1) is 0 Å². The molecule has 0 amide bonds. The predicted molar refractivity (Wildman–Crippen MR) is 63.1 cm³/mol. The van der Waals surface area contributed by atoms with Crippen molar-refractivity contribution in [1.29, 1.82) is 0 Å². The first kappa shape index (κ1) is 11.2. The summed E-state index contributed by atoms with van der Waals surface area (Å²) in [6.07, 6.45) is 1.38. The summed E-state index contributed by atoms with van der Waals surface area (Å²) in [5, 5.41) is 1.57. The second-order valence-corrected chi connectivity index (χ2v) is 3.95. The van der Waals surface area contributed by atoms with Crippen molar-refractivity contribution in [3.05, 3.63) is 40.0 Å². The van der Waals surface area contributed by atoms with E-state index in [1.807, 2.05) is 0 Å². The van der Waals surface area contributed by atoms with Crippen LogP contribution in [0.15, 0.2) is 24.4 Å². The molecule has 0 radical (unpaired) electrons. The van der Waals surface area contributed by atoms with Gasteiger partial charge in [-0.3, -0.25) is 4.98 Å². The van der Waals surface area contributed by atoms with E-state index < -0.39 is 5.97 Å². The van der Waals surface area contributed by atoms with E-state index in [-0.39, 0.29) is 5.56 Å². The lowest BCUT2D eigenvalue weighted by molar-refractivity contribution is 0.0600. The molecule has 3 nitrogen and oxygen atoms in total. The maximum Gasteiger partial charge on any atom is 0.340 e. The molecular weight excluding hydrogens is 249 g/mol. The summed E-state index contributed by atoms with van der Waals surface area (Å²) >= 11 is 11.9. The number of benzene rings is 1. The predicted octanol–water partition coefficient (Wildman–Crippen LogP) is 3.33. The Morgan fingerprint density at radius 3 is 2.81 bits per heavy atom. The van der Waals surface area contributed by atoms with Crippen LogP contribution in [-0.4, -0.2) is 18.1 Å². The molecule has 0 aliphatic carbocycles. The van der Waals surface area contributed by atoms with Gasteiger partial charge in [-0.05, 0) is 18.2 Å². The average Bonchev–Trinajstić information content (AvgIpc) is 2.28. The first-order chi connectivity index (χ1) is 7.63. The molecule has 2 aromatic rings. The lowest BCUT2D eigenvalue weighted by atomic mass is 10.1. The Kier molecular flexibility index (Phi) is 2.99. The van der Waals surface area contributed by atoms with Crippen LogP contribution in [0.25, 0.3) is 10.9 Å². The third-order valence-corrected chi connectivity index (χ3v) is 2.81. The van der Waals surface area contributed by atoms with Crippen molar-refractivity contribution < 1.29 is 9.53 Å². The molecule has 1 heterocycles. The van der Waals surface area contributed by atoms with Gasteiger partial charge in [0.25, 0.3) is 0 Å². The van der Waals surface area contributed by atoms with E-state index in [9.17, 15) is 4.79 Å². The number of fused-ring (bicyclic) bond motifs is 1. The summed E-state index contributed by atoms with van der Waals surface area (Å²) in [6, 6.07) is 5.10. The molecule has 0 saturated heterocycles. The molecule has 82 valence electrons. The second-order valence-electron chi connectivity index (χ2n) is 3.14. The first-order valence-corrected chi connectivity index (χ1v) is 5.21. The van der Waals surface area contributed by atoms with Crippen LogP contribution in [0.2, 0.25) is 10.0 Å². The van der Waals surface area contributed by atoms with E-state index in [0.717, 1.165) is 0 Å². The number of halogens is 2. The van der Waals surface area contributed by atoms with Crippen molar-refractivity contribution >= 4 is 40.1 Å². The number of esters is 1. The number of nitrogens with zero attached hydrogens (tertiary/aromatic N) is 1. The SMILES string of the molecule is COC(=O)c1cnc2cc(Cl)ccc2c1Cl. The van der Waals surface area contributed by atoms with Crippen molar-refractivity contribution in [2.24, 2.45) is 0 Å². The Balaban J connectivity index is 2.70. The molecule has 2 rings (SSSR count). The highest BCUT2D eigenvalue weighted by Gasteiger charge is 2.14. The third-order valence-electron chi connectivity index (χ3n) is 2.17. The topological polar surface area (TPSA) is 39.2 Å². The van der Waals surface area contributed by atoms with Gasteiger partial charge in [0.2, 0.25) is 0 Å². The molecule has 0 aliphatic heterocycles. The molecule has 1 aromatic heterocycles. The Morgan fingerprint density at radius 2 is 2.12 bits per heavy atom. The van der Waals surface area contributed by atoms with Gasteiger partial charge in [-0.25, -0.2) is 4.79 Å². The van der Waals surface area contributed by atoms with Crippen molar-refractivity contribution in [1.82, 2.24) is 4.98 Å². The van der Waals surface area contributed by atoms with Crippen molar-refractivity contribution in [3.63, 3.8) is 0 Å². The zero-order valence-corrected chi connectivity index (χ0v) is 9.84. The van der Waals surface area contributed by atoms with Crippen LogP contribution < -0.4 is 0 Å². The van der Waals surface area contributed by atoms with Gasteiger partial charge >= 0.3 is 5.97 Å². The minimum Gasteiger partial charge on any atom is -0.465 e. The Hall–Kier alpha value is -1.32. The maximum atomic E-state index is 11.4. The zero-order valence-electron chi connectivity index (χ0n) is 8.33. The van der Waals surface area contributed by atoms with E-state index >= 15 is 0 Å². The molecule has 0 N–H and O–H groups in total. The number of methoxy groups -OCH3 is 1. The molecule has 0 atom stereocenters. The first-order valence-electron chi connectivity index (χ1n) is 4.45. The Bertz CT molecular complexity index is 569. The van der Waals surface area contributed by atoms with Gasteiger partial charge < -0.3 is 4.74 Å². The number of carbonyl (C=O) groups excluding carboxylic acids is 1. The van der Waals surface area contributed by atoms with E-state index in [4.69, 9.17) is 23.2 Å². The van der Waals surface area contributed by atoms with Gasteiger partial charge in [0.05, 0.1) is 23.2 Å². The number of rotatable bonds is 1.